The maximum Gasteiger partial charge on any atom is 0.191 e. The molecule has 29 heavy (non-hydrogen) atoms. The van der Waals surface area contributed by atoms with Gasteiger partial charge in [0.05, 0.1) is 7.11 Å². The zero-order chi connectivity index (χ0) is 19.6. The van der Waals surface area contributed by atoms with Crippen LogP contribution >= 0.6 is 24.0 Å². The van der Waals surface area contributed by atoms with E-state index in [1.165, 1.54) is 31.2 Å². The molecule has 1 saturated carbocycles. The van der Waals surface area contributed by atoms with Crippen LogP contribution in [0.4, 0.5) is 0 Å². The van der Waals surface area contributed by atoms with Gasteiger partial charge in [-0.2, -0.15) is 0 Å². The van der Waals surface area contributed by atoms with Crippen molar-refractivity contribution in [3.63, 3.8) is 0 Å². The monoisotopic (exact) mass is 512 g/mol. The summed E-state index contributed by atoms with van der Waals surface area (Å²) in [5.74, 6) is 2.81. The summed E-state index contributed by atoms with van der Waals surface area (Å²) in [6, 6.07) is 8.74. The number of aliphatic imine (C=N–C) groups is 1. The van der Waals surface area contributed by atoms with Crippen molar-refractivity contribution < 1.29 is 4.74 Å². The van der Waals surface area contributed by atoms with E-state index in [-0.39, 0.29) is 24.0 Å². The number of aromatic nitrogens is 3. The molecule has 1 aromatic heterocycles. The lowest BCUT2D eigenvalue weighted by molar-refractivity contribution is 0.414. The van der Waals surface area contributed by atoms with E-state index in [9.17, 15) is 0 Å². The minimum absolute atomic E-state index is 0. The maximum absolute atomic E-state index is 5.22. The van der Waals surface area contributed by atoms with E-state index in [1.807, 2.05) is 12.1 Å². The number of nitrogens with zero attached hydrogens (tertiary/aromatic N) is 4. The fourth-order valence-corrected chi connectivity index (χ4v) is 3.54. The Morgan fingerprint density at radius 3 is 2.69 bits per heavy atom. The predicted molar refractivity (Wildman–Crippen MR) is 127 cm³/mol. The van der Waals surface area contributed by atoms with Crippen LogP contribution in [-0.2, 0) is 19.4 Å². The quantitative estimate of drug-likeness (QED) is 0.307. The van der Waals surface area contributed by atoms with Gasteiger partial charge in [-0.1, -0.05) is 31.9 Å². The van der Waals surface area contributed by atoms with E-state index in [0.717, 1.165) is 50.0 Å². The van der Waals surface area contributed by atoms with Gasteiger partial charge in [0.1, 0.15) is 17.9 Å². The van der Waals surface area contributed by atoms with Crippen LogP contribution in [0.3, 0.4) is 0 Å². The SMILES string of the molecule is CCc1nncn1CCNC(=NCCc1ccc(OC)cc1)NC1CCCC1.I. The van der Waals surface area contributed by atoms with Crippen LogP contribution in [0.5, 0.6) is 5.75 Å². The Bertz CT molecular complexity index is 740. The molecule has 0 saturated heterocycles. The van der Waals surface area contributed by atoms with Gasteiger partial charge in [0.15, 0.2) is 5.96 Å². The van der Waals surface area contributed by atoms with Crippen molar-refractivity contribution in [1.29, 1.82) is 0 Å². The Balaban J connectivity index is 0.00000300. The molecule has 2 aromatic rings. The van der Waals surface area contributed by atoms with Crippen LogP contribution in [0.15, 0.2) is 35.6 Å². The van der Waals surface area contributed by atoms with Gasteiger partial charge >= 0.3 is 0 Å². The lowest BCUT2D eigenvalue weighted by Crippen LogP contribution is -2.43. The predicted octanol–water partition coefficient (Wildman–Crippen LogP) is 3.19. The van der Waals surface area contributed by atoms with Crippen molar-refractivity contribution in [2.45, 2.75) is 58.0 Å². The van der Waals surface area contributed by atoms with E-state index in [4.69, 9.17) is 9.73 Å². The van der Waals surface area contributed by atoms with Gasteiger partial charge in [0.25, 0.3) is 0 Å². The fraction of sp³-hybridized carbons (Fsp3) is 0.571. The maximum atomic E-state index is 5.22. The molecule has 8 heteroatoms. The summed E-state index contributed by atoms with van der Waals surface area (Å²) in [6.45, 7) is 4.48. The van der Waals surface area contributed by atoms with Gasteiger partial charge < -0.3 is 19.9 Å². The van der Waals surface area contributed by atoms with Gasteiger partial charge in [-0.25, -0.2) is 0 Å². The van der Waals surface area contributed by atoms with Crippen molar-refractivity contribution in [2.75, 3.05) is 20.2 Å². The molecule has 1 aliphatic carbocycles. The normalized spacial score (nSPS) is 14.5. The van der Waals surface area contributed by atoms with Gasteiger partial charge in [0, 0.05) is 32.1 Å². The molecular weight excluding hydrogens is 479 g/mol. The highest BCUT2D eigenvalue weighted by atomic mass is 127. The summed E-state index contributed by atoms with van der Waals surface area (Å²) in [4.78, 5) is 4.81. The second kappa shape index (κ2) is 12.7. The fourth-order valence-electron chi connectivity index (χ4n) is 3.54. The first-order chi connectivity index (χ1) is 13.8. The highest BCUT2D eigenvalue weighted by molar-refractivity contribution is 14.0. The molecule has 0 amide bonds. The lowest BCUT2D eigenvalue weighted by atomic mass is 10.1. The topological polar surface area (TPSA) is 76.4 Å². The standard InChI is InChI=1S/C21H32N6O.HI/c1-3-20-26-24-16-27(20)15-14-23-21(25-18-6-4-5-7-18)22-13-12-17-8-10-19(28-2)11-9-17;/h8-11,16,18H,3-7,12-15H2,1-2H3,(H2,22,23,25);1H. The second-order valence-corrected chi connectivity index (χ2v) is 7.18. The summed E-state index contributed by atoms with van der Waals surface area (Å²) in [7, 11) is 1.69. The van der Waals surface area contributed by atoms with Gasteiger partial charge in [-0.3, -0.25) is 4.99 Å². The van der Waals surface area contributed by atoms with Gasteiger partial charge in [0.2, 0.25) is 0 Å². The van der Waals surface area contributed by atoms with Crippen LogP contribution in [0.1, 0.15) is 44.0 Å². The first-order valence-corrected chi connectivity index (χ1v) is 10.3. The summed E-state index contributed by atoms with van der Waals surface area (Å²) in [6.07, 6.45) is 8.66. The van der Waals surface area contributed by atoms with Crippen molar-refractivity contribution >= 4 is 29.9 Å². The van der Waals surface area contributed by atoms with Crippen LogP contribution in [0.25, 0.3) is 0 Å². The van der Waals surface area contributed by atoms with Gasteiger partial charge in [-0.15, -0.1) is 34.2 Å². The highest BCUT2D eigenvalue weighted by Crippen LogP contribution is 2.17. The summed E-state index contributed by atoms with van der Waals surface area (Å²) >= 11 is 0. The molecule has 0 atom stereocenters. The number of hydrogen-bond acceptors (Lipinski definition) is 4. The molecule has 1 aliphatic rings. The van der Waals surface area contributed by atoms with E-state index in [1.54, 1.807) is 13.4 Å². The van der Waals surface area contributed by atoms with Crippen LogP contribution in [0.2, 0.25) is 0 Å². The number of nitrogens with one attached hydrogen (secondary N) is 2. The van der Waals surface area contributed by atoms with E-state index >= 15 is 0 Å². The molecule has 0 bridgehead atoms. The minimum Gasteiger partial charge on any atom is -0.497 e. The third kappa shape index (κ3) is 7.49. The number of halogens is 1. The Morgan fingerprint density at radius 1 is 1.24 bits per heavy atom. The summed E-state index contributed by atoms with van der Waals surface area (Å²) < 4.78 is 7.31. The Labute approximate surface area is 190 Å². The number of hydrogen-bond donors (Lipinski definition) is 2. The molecule has 160 valence electrons. The summed E-state index contributed by atoms with van der Waals surface area (Å²) in [5.41, 5.74) is 1.27. The van der Waals surface area contributed by atoms with Crippen LogP contribution < -0.4 is 15.4 Å². The smallest absolute Gasteiger partial charge is 0.191 e. The lowest BCUT2D eigenvalue weighted by Gasteiger charge is -2.18. The number of methoxy groups -OCH3 is 1. The molecule has 1 heterocycles. The number of benzene rings is 1. The average Bonchev–Trinajstić information content (AvgIpc) is 3.40. The highest BCUT2D eigenvalue weighted by Gasteiger charge is 2.16. The molecule has 1 fully saturated rings. The molecular formula is C21H33IN6O. The minimum atomic E-state index is 0. The zero-order valence-electron chi connectivity index (χ0n) is 17.4. The molecule has 0 unspecified atom stereocenters. The molecule has 0 spiro atoms. The van der Waals surface area contributed by atoms with Crippen molar-refractivity contribution in [1.82, 2.24) is 25.4 Å². The molecule has 7 nitrogen and oxygen atoms in total. The summed E-state index contributed by atoms with van der Waals surface area (Å²) in [5, 5.41) is 15.2. The number of rotatable bonds is 9. The van der Waals surface area contributed by atoms with Crippen molar-refractivity contribution in [3.8, 4) is 5.75 Å². The molecule has 3 rings (SSSR count). The Morgan fingerprint density at radius 2 is 2.00 bits per heavy atom. The third-order valence-corrected chi connectivity index (χ3v) is 5.18. The number of aryl methyl sites for hydroxylation is 1. The average molecular weight is 512 g/mol. The van der Waals surface area contributed by atoms with E-state index in [2.05, 4.69) is 44.5 Å². The van der Waals surface area contributed by atoms with E-state index in [0.29, 0.717) is 6.04 Å². The molecule has 2 N–H and O–H groups in total. The first kappa shape index (κ1) is 23.4. The van der Waals surface area contributed by atoms with Crippen LogP contribution in [0, 0.1) is 0 Å². The largest absolute Gasteiger partial charge is 0.497 e. The Hall–Kier alpha value is -1.84. The van der Waals surface area contributed by atoms with E-state index < -0.39 is 0 Å². The Kier molecular flexibility index (Phi) is 10.2. The number of ether oxygens (including phenoxy) is 1. The third-order valence-electron chi connectivity index (χ3n) is 5.18. The zero-order valence-corrected chi connectivity index (χ0v) is 19.8. The molecule has 0 aliphatic heterocycles. The number of guanidine groups is 1. The van der Waals surface area contributed by atoms with Crippen molar-refractivity contribution in [3.05, 3.63) is 42.0 Å². The first-order valence-electron chi connectivity index (χ1n) is 10.3. The molecule has 0 radical (unpaired) electrons. The van der Waals surface area contributed by atoms with Gasteiger partial charge in [-0.05, 0) is 37.0 Å². The second-order valence-electron chi connectivity index (χ2n) is 7.18. The van der Waals surface area contributed by atoms with Crippen molar-refractivity contribution in [2.24, 2.45) is 4.99 Å². The molecule has 1 aromatic carbocycles. The van der Waals surface area contributed by atoms with Crippen LogP contribution in [-0.4, -0.2) is 47.0 Å².